The van der Waals surface area contributed by atoms with Gasteiger partial charge in [0.25, 0.3) is 0 Å². The van der Waals surface area contributed by atoms with E-state index in [0.717, 1.165) is 19.5 Å². The monoisotopic (exact) mass is 361 g/mol. The molecular formula is C23H27N3O. The fraction of sp³-hybridized carbons (Fsp3) is 0.348. The van der Waals surface area contributed by atoms with E-state index in [2.05, 4.69) is 55.0 Å². The molecule has 4 rings (SSSR count). The van der Waals surface area contributed by atoms with Gasteiger partial charge in [0.1, 0.15) is 0 Å². The molecule has 1 aliphatic rings. The molecule has 1 unspecified atom stereocenters. The number of aromatic amines is 1. The van der Waals surface area contributed by atoms with Gasteiger partial charge < -0.3 is 15.6 Å². The van der Waals surface area contributed by atoms with Crippen molar-refractivity contribution in [2.24, 2.45) is 11.7 Å². The van der Waals surface area contributed by atoms with Crippen molar-refractivity contribution in [3.63, 3.8) is 0 Å². The molecule has 1 fully saturated rings. The van der Waals surface area contributed by atoms with Crippen molar-refractivity contribution in [3.8, 4) is 0 Å². The van der Waals surface area contributed by atoms with E-state index in [-0.39, 0.29) is 5.91 Å². The summed E-state index contributed by atoms with van der Waals surface area (Å²) in [5, 5.41) is 1.35. The van der Waals surface area contributed by atoms with Crippen LogP contribution in [0.1, 0.15) is 38.5 Å². The molecule has 0 aliphatic carbocycles. The maximum Gasteiger partial charge on any atom is 0.248 e. The first-order valence-corrected chi connectivity index (χ1v) is 9.58. The van der Waals surface area contributed by atoms with Gasteiger partial charge in [-0.3, -0.25) is 4.79 Å². The molecule has 2 heterocycles. The number of nitrogens with zero attached hydrogens (tertiary/aromatic N) is 1. The third-order valence-corrected chi connectivity index (χ3v) is 6.09. The second kappa shape index (κ2) is 6.86. The summed E-state index contributed by atoms with van der Waals surface area (Å²) in [6.45, 7) is 6.52. The number of rotatable bonds is 4. The molecule has 4 nitrogen and oxygen atoms in total. The molecule has 1 aliphatic heterocycles. The summed E-state index contributed by atoms with van der Waals surface area (Å²) in [4.78, 5) is 17.2. The smallest absolute Gasteiger partial charge is 0.248 e. The van der Waals surface area contributed by atoms with Crippen molar-refractivity contribution in [3.05, 3.63) is 70.4 Å². The van der Waals surface area contributed by atoms with Crippen molar-refractivity contribution in [1.82, 2.24) is 9.88 Å². The number of hydrogen-bond donors (Lipinski definition) is 2. The highest BCUT2D eigenvalue weighted by atomic mass is 16.1. The van der Waals surface area contributed by atoms with Crippen LogP contribution >= 0.6 is 0 Å². The van der Waals surface area contributed by atoms with E-state index in [0.29, 0.717) is 17.4 Å². The first kappa shape index (κ1) is 17.8. The zero-order valence-corrected chi connectivity index (χ0v) is 16.3. The van der Waals surface area contributed by atoms with Gasteiger partial charge in [-0.25, -0.2) is 0 Å². The average Bonchev–Trinajstić information content (AvgIpc) is 3.25. The van der Waals surface area contributed by atoms with Crippen LogP contribution in [-0.2, 0) is 6.42 Å². The second-order valence-corrected chi connectivity index (χ2v) is 8.03. The van der Waals surface area contributed by atoms with Crippen LogP contribution in [0.2, 0.25) is 0 Å². The lowest BCUT2D eigenvalue weighted by atomic mass is 9.82. The predicted octanol–water partition coefficient (Wildman–Crippen LogP) is 3.77. The zero-order valence-electron chi connectivity index (χ0n) is 16.3. The van der Waals surface area contributed by atoms with E-state index in [9.17, 15) is 4.79 Å². The highest BCUT2D eigenvalue weighted by Gasteiger charge is 2.32. The van der Waals surface area contributed by atoms with Crippen LogP contribution in [0.25, 0.3) is 10.9 Å². The molecule has 2 atom stereocenters. The number of carbonyl (C=O) groups excluding carboxylic acids is 1. The number of H-pyrrole nitrogens is 1. The Balaban J connectivity index is 1.66. The van der Waals surface area contributed by atoms with Crippen LogP contribution in [0.4, 0.5) is 0 Å². The number of nitrogens with one attached hydrogen (secondary N) is 1. The summed E-state index contributed by atoms with van der Waals surface area (Å²) in [5.41, 5.74) is 12.6. The van der Waals surface area contributed by atoms with E-state index >= 15 is 0 Å². The standard InChI is InChI=1S/C23H27N3O/c1-14-10-15(2)22-19(8-9-25-22)20(14)11-18-12-26(3)13-21(18)16-4-6-17(7-5-16)23(24)27/h4-10,18,21,25H,11-13H2,1-3H3,(H2,24,27)/t18-,21?/m1/s1. The van der Waals surface area contributed by atoms with E-state index in [1.54, 1.807) is 0 Å². The zero-order chi connectivity index (χ0) is 19.1. The van der Waals surface area contributed by atoms with E-state index in [4.69, 9.17) is 5.73 Å². The number of aryl methyl sites for hydroxylation is 2. The fourth-order valence-electron chi connectivity index (χ4n) is 4.74. The molecule has 4 heteroatoms. The van der Waals surface area contributed by atoms with E-state index < -0.39 is 0 Å². The number of hydrogen-bond acceptors (Lipinski definition) is 2. The molecule has 0 spiro atoms. The lowest BCUT2D eigenvalue weighted by molar-refractivity contribution is 0.100. The molecule has 1 saturated heterocycles. The number of primary amides is 1. The lowest BCUT2D eigenvalue weighted by Gasteiger charge is -2.21. The number of benzene rings is 2. The minimum atomic E-state index is -0.369. The SMILES string of the molecule is Cc1cc(C)c2[nH]ccc2c1C[C@@H]1CN(C)CC1c1ccc(C(N)=O)cc1. The summed E-state index contributed by atoms with van der Waals surface area (Å²) < 4.78 is 0. The third kappa shape index (κ3) is 3.26. The molecule has 1 amide bonds. The summed E-state index contributed by atoms with van der Waals surface area (Å²) in [7, 11) is 2.19. The summed E-state index contributed by atoms with van der Waals surface area (Å²) in [5.74, 6) is 0.646. The van der Waals surface area contributed by atoms with Gasteiger partial charge in [0.2, 0.25) is 5.91 Å². The minimum absolute atomic E-state index is 0.369. The fourth-order valence-corrected chi connectivity index (χ4v) is 4.74. The largest absolute Gasteiger partial charge is 0.366 e. The Morgan fingerprint density at radius 3 is 2.59 bits per heavy atom. The third-order valence-electron chi connectivity index (χ3n) is 6.09. The van der Waals surface area contributed by atoms with Gasteiger partial charge in [0, 0.05) is 41.7 Å². The molecular weight excluding hydrogens is 334 g/mol. The van der Waals surface area contributed by atoms with Crippen LogP contribution in [0, 0.1) is 19.8 Å². The number of carbonyl (C=O) groups is 1. The van der Waals surface area contributed by atoms with Gasteiger partial charge in [0.15, 0.2) is 0 Å². The Labute approximate surface area is 160 Å². The quantitative estimate of drug-likeness (QED) is 0.743. The first-order chi connectivity index (χ1) is 12.9. The Hall–Kier alpha value is -2.59. The van der Waals surface area contributed by atoms with Crippen molar-refractivity contribution in [1.29, 1.82) is 0 Å². The Bertz CT molecular complexity index is 987. The topological polar surface area (TPSA) is 62.1 Å². The van der Waals surface area contributed by atoms with Crippen molar-refractivity contribution in [2.45, 2.75) is 26.2 Å². The summed E-state index contributed by atoms with van der Waals surface area (Å²) in [6, 6.07) is 12.4. The van der Waals surface area contributed by atoms with Gasteiger partial charge in [-0.1, -0.05) is 18.2 Å². The van der Waals surface area contributed by atoms with Crippen molar-refractivity contribution < 1.29 is 4.79 Å². The summed E-state index contributed by atoms with van der Waals surface area (Å²) in [6.07, 6.45) is 3.11. The Morgan fingerprint density at radius 1 is 1.15 bits per heavy atom. The molecule has 0 saturated carbocycles. The second-order valence-electron chi connectivity index (χ2n) is 8.03. The van der Waals surface area contributed by atoms with E-state index in [1.807, 2.05) is 18.3 Å². The minimum Gasteiger partial charge on any atom is -0.366 e. The number of nitrogens with two attached hydrogens (primary N) is 1. The molecule has 140 valence electrons. The van der Waals surface area contributed by atoms with Crippen LogP contribution in [-0.4, -0.2) is 35.9 Å². The van der Waals surface area contributed by atoms with Crippen LogP contribution in [0.3, 0.4) is 0 Å². The van der Waals surface area contributed by atoms with Gasteiger partial charge >= 0.3 is 0 Å². The van der Waals surface area contributed by atoms with Crippen molar-refractivity contribution in [2.75, 3.05) is 20.1 Å². The average molecular weight is 361 g/mol. The van der Waals surface area contributed by atoms with Crippen LogP contribution < -0.4 is 5.73 Å². The number of fused-ring (bicyclic) bond motifs is 1. The van der Waals surface area contributed by atoms with Gasteiger partial charge in [0.05, 0.1) is 0 Å². The normalized spacial score (nSPS) is 20.4. The molecule has 3 N–H and O–H groups in total. The van der Waals surface area contributed by atoms with E-state index in [1.165, 1.54) is 33.2 Å². The predicted molar refractivity (Wildman–Crippen MR) is 110 cm³/mol. The maximum atomic E-state index is 11.4. The Kier molecular flexibility index (Phi) is 4.52. The summed E-state index contributed by atoms with van der Waals surface area (Å²) >= 11 is 0. The molecule has 1 aromatic heterocycles. The molecule has 27 heavy (non-hydrogen) atoms. The first-order valence-electron chi connectivity index (χ1n) is 9.58. The molecule has 0 radical (unpaired) electrons. The molecule has 3 aromatic rings. The number of likely N-dealkylation sites (tertiary alicyclic amines) is 1. The van der Waals surface area contributed by atoms with Gasteiger partial charge in [-0.05, 0) is 73.7 Å². The Morgan fingerprint density at radius 2 is 1.89 bits per heavy atom. The maximum absolute atomic E-state index is 11.4. The highest BCUT2D eigenvalue weighted by molar-refractivity contribution is 5.92. The van der Waals surface area contributed by atoms with Crippen LogP contribution in [0.5, 0.6) is 0 Å². The van der Waals surface area contributed by atoms with Gasteiger partial charge in [-0.2, -0.15) is 0 Å². The number of amides is 1. The number of likely N-dealkylation sites (N-methyl/N-ethyl adjacent to an activating group) is 1. The van der Waals surface area contributed by atoms with Crippen molar-refractivity contribution >= 4 is 16.8 Å². The molecule has 2 aromatic carbocycles. The number of aromatic nitrogens is 1. The lowest BCUT2D eigenvalue weighted by Crippen LogP contribution is -2.16. The van der Waals surface area contributed by atoms with Gasteiger partial charge in [-0.15, -0.1) is 0 Å². The molecule has 0 bridgehead atoms. The highest BCUT2D eigenvalue weighted by Crippen LogP contribution is 2.37. The van der Waals surface area contributed by atoms with Crippen LogP contribution in [0.15, 0.2) is 42.6 Å².